The highest BCUT2D eigenvalue weighted by Gasteiger charge is 2.25. The molecule has 5 heteroatoms. The Morgan fingerprint density at radius 1 is 1.43 bits per heavy atom. The molecule has 1 rings (SSSR count). The second kappa shape index (κ2) is 4.83. The van der Waals surface area contributed by atoms with E-state index in [-0.39, 0.29) is 5.91 Å². The lowest BCUT2D eigenvalue weighted by molar-refractivity contribution is -0.132. The van der Waals surface area contributed by atoms with Crippen LogP contribution in [0.15, 0.2) is 0 Å². The van der Waals surface area contributed by atoms with E-state index in [1.165, 1.54) is 0 Å². The molecule has 1 heterocycles. The van der Waals surface area contributed by atoms with Crippen LogP contribution in [0.25, 0.3) is 0 Å². The molecule has 0 aromatic heterocycles. The second-order valence-corrected chi connectivity index (χ2v) is 3.44. The molecule has 14 heavy (non-hydrogen) atoms. The van der Waals surface area contributed by atoms with Gasteiger partial charge in [0.2, 0.25) is 5.91 Å². The van der Waals surface area contributed by atoms with E-state index >= 15 is 0 Å². The topological polar surface area (TPSA) is 69.6 Å². The van der Waals surface area contributed by atoms with Gasteiger partial charge in [0.15, 0.2) is 0 Å². The average Bonchev–Trinajstić information content (AvgIpc) is 2.65. The Bertz CT molecular complexity index is 224. The van der Waals surface area contributed by atoms with Crippen molar-refractivity contribution in [2.45, 2.75) is 32.2 Å². The van der Waals surface area contributed by atoms with Crippen molar-refractivity contribution in [2.24, 2.45) is 0 Å². The molecule has 1 aliphatic rings. The van der Waals surface area contributed by atoms with Gasteiger partial charge < -0.3 is 15.3 Å². The van der Waals surface area contributed by atoms with E-state index in [9.17, 15) is 9.59 Å². The molecule has 1 fully saturated rings. The minimum atomic E-state index is -1.13. The van der Waals surface area contributed by atoms with Crippen molar-refractivity contribution in [1.82, 2.24) is 10.2 Å². The SMILES string of the molecule is CC[C@H](NC(=O)O)C(=O)N1CCCC1. The molecular weight excluding hydrogens is 184 g/mol. The van der Waals surface area contributed by atoms with Gasteiger partial charge in [-0.3, -0.25) is 4.79 Å². The van der Waals surface area contributed by atoms with Gasteiger partial charge in [-0.15, -0.1) is 0 Å². The predicted molar refractivity (Wildman–Crippen MR) is 51.1 cm³/mol. The molecule has 0 saturated carbocycles. The van der Waals surface area contributed by atoms with Crippen LogP contribution in [0.4, 0.5) is 4.79 Å². The molecule has 5 nitrogen and oxygen atoms in total. The van der Waals surface area contributed by atoms with E-state index in [1.54, 1.807) is 11.8 Å². The van der Waals surface area contributed by atoms with Gasteiger partial charge in [-0.1, -0.05) is 6.92 Å². The number of nitrogens with zero attached hydrogens (tertiary/aromatic N) is 1. The summed E-state index contributed by atoms with van der Waals surface area (Å²) in [5.41, 5.74) is 0. The highest BCUT2D eigenvalue weighted by atomic mass is 16.4. The van der Waals surface area contributed by atoms with E-state index in [2.05, 4.69) is 5.32 Å². The van der Waals surface area contributed by atoms with Gasteiger partial charge >= 0.3 is 6.09 Å². The normalized spacial score (nSPS) is 17.9. The fourth-order valence-corrected chi connectivity index (χ4v) is 1.65. The number of carbonyl (C=O) groups excluding carboxylic acids is 1. The van der Waals surface area contributed by atoms with Crippen LogP contribution in [0.5, 0.6) is 0 Å². The van der Waals surface area contributed by atoms with Crippen LogP contribution in [-0.4, -0.2) is 41.1 Å². The van der Waals surface area contributed by atoms with E-state index in [1.807, 2.05) is 0 Å². The highest BCUT2D eigenvalue weighted by molar-refractivity contribution is 5.85. The summed E-state index contributed by atoms with van der Waals surface area (Å²) < 4.78 is 0. The molecule has 0 aromatic rings. The molecule has 0 aromatic carbocycles. The highest BCUT2D eigenvalue weighted by Crippen LogP contribution is 2.10. The summed E-state index contributed by atoms with van der Waals surface area (Å²) in [7, 11) is 0. The van der Waals surface area contributed by atoms with Crippen molar-refractivity contribution in [3.8, 4) is 0 Å². The Morgan fingerprint density at radius 3 is 2.43 bits per heavy atom. The Balaban J connectivity index is 2.50. The minimum absolute atomic E-state index is 0.0904. The molecule has 0 spiro atoms. The number of hydrogen-bond acceptors (Lipinski definition) is 2. The first-order chi connectivity index (χ1) is 6.65. The number of likely N-dealkylation sites (tertiary alicyclic amines) is 1. The first-order valence-electron chi connectivity index (χ1n) is 4.93. The molecule has 0 unspecified atom stereocenters. The van der Waals surface area contributed by atoms with Crippen LogP contribution in [-0.2, 0) is 4.79 Å². The molecule has 0 bridgehead atoms. The predicted octanol–water partition coefficient (Wildman–Crippen LogP) is 0.655. The van der Waals surface area contributed by atoms with E-state index in [0.717, 1.165) is 25.9 Å². The van der Waals surface area contributed by atoms with Crippen molar-refractivity contribution >= 4 is 12.0 Å². The second-order valence-electron chi connectivity index (χ2n) is 3.44. The Labute approximate surface area is 83.1 Å². The largest absolute Gasteiger partial charge is 0.465 e. The Hall–Kier alpha value is -1.26. The smallest absolute Gasteiger partial charge is 0.405 e. The Morgan fingerprint density at radius 2 is 2.00 bits per heavy atom. The molecule has 1 aliphatic heterocycles. The monoisotopic (exact) mass is 200 g/mol. The maximum Gasteiger partial charge on any atom is 0.405 e. The van der Waals surface area contributed by atoms with Crippen LogP contribution in [0.3, 0.4) is 0 Å². The van der Waals surface area contributed by atoms with Gasteiger partial charge in [0.1, 0.15) is 6.04 Å². The van der Waals surface area contributed by atoms with E-state index < -0.39 is 12.1 Å². The van der Waals surface area contributed by atoms with Gasteiger partial charge in [0.05, 0.1) is 0 Å². The third kappa shape index (κ3) is 2.61. The summed E-state index contributed by atoms with van der Waals surface area (Å²) in [5, 5.41) is 10.8. The molecular formula is C9H16N2O3. The lowest BCUT2D eigenvalue weighted by Crippen LogP contribution is -2.46. The summed E-state index contributed by atoms with van der Waals surface area (Å²) in [6, 6.07) is -0.578. The number of nitrogens with one attached hydrogen (secondary N) is 1. The summed E-state index contributed by atoms with van der Waals surface area (Å²) in [5.74, 6) is -0.0904. The van der Waals surface area contributed by atoms with Crippen LogP contribution in [0.1, 0.15) is 26.2 Å². The zero-order valence-corrected chi connectivity index (χ0v) is 8.32. The number of rotatable bonds is 3. The first kappa shape index (κ1) is 10.8. The number of carbonyl (C=O) groups is 2. The Kier molecular flexibility index (Phi) is 3.73. The fraction of sp³-hybridized carbons (Fsp3) is 0.778. The van der Waals surface area contributed by atoms with Gasteiger partial charge in [-0.05, 0) is 19.3 Å². The number of hydrogen-bond donors (Lipinski definition) is 2. The van der Waals surface area contributed by atoms with Crippen molar-refractivity contribution in [3.63, 3.8) is 0 Å². The number of carboxylic acid groups (broad SMARTS) is 1. The van der Waals surface area contributed by atoms with E-state index in [0.29, 0.717) is 6.42 Å². The summed E-state index contributed by atoms with van der Waals surface area (Å²) in [4.78, 5) is 23.8. The molecule has 0 radical (unpaired) electrons. The molecule has 0 aliphatic carbocycles. The van der Waals surface area contributed by atoms with Gasteiger partial charge in [-0.25, -0.2) is 4.79 Å². The third-order valence-corrected chi connectivity index (χ3v) is 2.42. The van der Waals surface area contributed by atoms with Crippen molar-refractivity contribution in [2.75, 3.05) is 13.1 Å². The quantitative estimate of drug-likeness (QED) is 0.703. The molecule has 2 N–H and O–H groups in total. The first-order valence-corrected chi connectivity index (χ1v) is 4.93. The zero-order chi connectivity index (χ0) is 10.6. The van der Waals surface area contributed by atoms with Crippen LogP contribution < -0.4 is 5.32 Å². The van der Waals surface area contributed by atoms with Crippen LogP contribution in [0.2, 0.25) is 0 Å². The minimum Gasteiger partial charge on any atom is -0.465 e. The maximum atomic E-state index is 11.7. The lowest BCUT2D eigenvalue weighted by Gasteiger charge is -2.21. The molecule has 1 atom stereocenters. The number of amides is 2. The van der Waals surface area contributed by atoms with Crippen molar-refractivity contribution in [3.05, 3.63) is 0 Å². The maximum absolute atomic E-state index is 11.7. The summed E-state index contributed by atoms with van der Waals surface area (Å²) >= 11 is 0. The van der Waals surface area contributed by atoms with Crippen LogP contribution >= 0.6 is 0 Å². The third-order valence-electron chi connectivity index (χ3n) is 2.42. The zero-order valence-electron chi connectivity index (χ0n) is 8.32. The van der Waals surface area contributed by atoms with Crippen molar-refractivity contribution in [1.29, 1.82) is 0 Å². The molecule has 2 amide bonds. The average molecular weight is 200 g/mol. The fourth-order valence-electron chi connectivity index (χ4n) is 1.65. The van der Waals surface area contributed by atoms with Gasteiger partial charge in [0, 0.05) is 13.1 Å². The summed E-state index contributed by atoms with van der Waals surface area (Å²) in [6.07, 6.45) is 1.41. The standard InChI is InChI=1S/C9H16N2O3/c1-2-7(10-9(13)14)8(12)11-5-3-4-6-11/h7,10H,2-6H2,1H3,(H,13,14)/t7-/m0/s1. The van der Waals surface area contributed by atoms with Gasteiger partial charge in [-0.2, -0.15) is 0 Å². The molecule has 1 saturated heterocycles. The summed E-state index contributed by atoms with van der Waals surface area (Å²) in [6.45, 7) is 3.32. The van der Waals surface area contributed by atoms with Gasteiger partial charge in [0.25, 0.3) is 0 Å². The van der Waals surface area contributed by atoms with E-state index in [4.69, 9.17) is 5.11 Å². The van der Waals surface area contributed by atoms with Crippen LogP contribution in [0, 0.1) is 0 Å². The molecule has 80 valence electrons. The van der Waals surface area contributed by atoms with Crippen molar-refractivity contribution < 1.29 is 14.7 Å². The lowest BCUT2D eigenvalue weighted by atomic mass is 10.2.